The predicted octanol–water partition coefficient (Wildman–Crippen LogP) is 4.58. The Morgan fingerprint density at radius 1 is 0.961 bits per heavy atom. The van der Waals surface area contributed by atoms with Gasteiger partial charge in [-0.25, -0.2) is 4.39 Å². The summed E-state index contributed by atoms with van der Waals surface area (Å²) in [5.41, 5.74) is 2.03. The molecular weight excluding hydrogens is 655 g/mol. The first kappa shape index (κ1) is 36.4. The molecule has 4 amide bonds. The van der Waals surface area contributed by atoms with Crippen LogP contribution in [0.3, 0.4) is 0 Å². The fourth-order valence-electron chi connectivity index (χ4n) is 5.40. The Hall–Kier alpha value is -5.91. The van der Waals surface area contributed by atoms with E-state index < -0.39 is 48.1 Å². The quantitative estimate of drug-likeness (QED) is 0.233. The summed E-state index contributed by atoms with van der Waals surface area (Å²) in [6, 6.07) is 24.0. The number of likely N-dealkylation sites (N-methyl/N-ethyl adjacent to an activating group) is 1. The number of para-hydroxylation sites is 1. The van der Waals surface area contributed by atoms with Crippen molar-refractivity contribution in [3.05, 3.63) is 120 Å². The highest BCUT2D eigenvalue weighted by molar-refractivity contribution is 6.01. The van der Waals surface area contributed by atoms with E-state index in [0.717, 1.165) is 11.1 Å². The van der Waals surface area contributed by atoms with Crippen molar-refractivity contribution in [3.8, 4) is 23.0 Å². The minimum atomic E-state index is -1.33. The van der Waals surface area contributed by atoms with E-state index in [2.05, 4.69) is 16.0 Å². The van der Waals surface area contributed by atoms with E-state index in [4.69, 9.17) is 14.2 Å². The molecule has 1 heterocycles. The van der Waals surface area contributed by atoms with Crippen LogP contribution in [0.1, 0.15) is 34.8 Å². The molecule has 3 atom stereocenters. The van der Waals surface area contributed by atoms with Gasteiger partial charge >= 0.3 is 0 Å². The highest BCUT2D eigenvalue weighted by atomic mass is 19.1. The van der Waals surface area contributed by atoms with Gasteiger partial charge in [-0.05, 0) is 55.8 Å². The number of carbonyl (C=O) groups excluding carboxylic acids is 4. The predicted molar refractivity (Wildman–Crippen MR) is 188 cm³/mol. The van der Waals surface area contributed by atoms with E-state index in [-0.39, 0.29) is 54.9 Å². The molecule has 12 heteroatoms. The zero-order valence-corrected chi connectivity index (χ0v) is 28.7. The van der Waals surface area contributed by atoms with Gasteiger partial charge in [0.25, 0.3) is 5.91 Å². The summed E-state index contributed by atoms with van der Waals surface area (Å²) in [5, 5.41) is 8.25. The molecule has 0 bridgehead atoms. The number of hydrogen-bond donors (Lipinski definition) is 3. The second-order valence-electron chi connectivity index (χ2n) is 12.4. The molecule has 0 fully saturated rings. The summed E-state index contributed by atoms with van der Waals surface area (Å²) in [6.45, 7) is 3.87. The van der Waals surface area contributed by atoms with Gasteiger partial charge in [0.1, 0.15) is 42.6 Å². The van der Waals surface area contributed by atoms with E-state index in [0.29, 0.717) is 5.75 Å². The van der Waals surface area contributed by atoms with Gasteiger partial charge in [0.15, 0.2) is 11.5 Å². The molecule has 1 aliphatic rings. The van der Waals surface area contributed by atoms with Crippen LogP contribution >= 0.6 is 0 Å². The number of nitrogens with zero attached hydrogens (tertiary/aromatic N) is 1. The third kappa shape index (κ3) is 10.3. The highest BCUT2D eigenvalue weighted by Crippen LogP contribution is 2.32. The number of halogens is 1. The molecule has 0 saturated carbocycles. The van der Waals surface area contributed by atoms with E-state index in [9.17, 15) is 23.6 Å². The SMILES string of the molecule is Cc1ccc(Oc2cc(F)ccc2OC[C@@H](C)NC(=O)[C@@H]2CC(=O)N[C@@H](Cc3ccccc3)C(=O)N(C)CCOc3ccccc3C(=O)N2)cc1. The standard InChI is InChI=1S/C39H41FN4O7/c1-25-13-16-29(17-14-25)51-35-22-28(40)15-18-34(35)50-24-26(2)41-38(47)31-23-36(45)42-32(21-27-9-5-4-6-10-27)39(48)44(3)19-20-49-33-12-8-7-11-30(33)37(46)43-31/h4-18,22,26,31-32H,19-21,23-24H2,1-3H3,(H,41,47)(H,42,45)(H,43,46)/t26-,31+,32+/m1/s1. The third-order valence-corrected chi connectivity index (χ3v) is 8.15. The zero-order valence-electron chi connectivity index (χ0n) is 28.7. The lowest BCUT2D eigenvalue weighted by Crippen LogP contribution is -2.54. The minimum absolute atomic E-state index is 0.0504. The molecule has 0 aromatic heterocycles. The lowest BCUT2D eigenvalue weighted by Gasteiger charge is -2.27. The Morgan fingerprint density at radius 2 is 1.69 bits per heavy atom. The van der Waals surface area contributed by atoms with Gasteiger partial charge in [-0.1, -0.05) is 60.2 Å². The number of amides is 4. The summed E-state index contributed by atoms with van der Waals surface area (Å²) >= 11 is 0. The first-order chi connectivity index (χ1) is 24.5. The maximum Gasteiger partial charge on any atom is 0.255 e. The van der Waals surface area contributed by atoms with Crippen LogP contribution in [0, 0.1) is 12.7 Å². The van der Waals surface area contributed by atoms with Crippen molar-refractivity contribution in [1.29, 1.82) is 0 Å². The normalized spacial score (nSPS) is 17.5. The maximum atomic E-state index is 14.1. The Morgan fingerprint density at radius 3 is 2.45 bits per heavy atom. The molecular formula is C39H41FN4O7. The first-order valence-corrected chi connectivity index (χ1v) is 16.6. The molecule has 0 unspecified atom stereocenters. The zero-order chi connectivity index (χ0) is 36.3. The van der Waals surface area contributed by atoms with Crippen LogP contribution in [-0.4, -0.2) is 73.5 Å². The molecule has 4 aromatic rings. The van der Waals surface area contributed by atoms with Gasteiger partial charge in [0, 0.05) is 19.5 Å². The molecule has 0 saturated heterocycles. The Balaban J connectivity index is 1.32. The average Bonchev–Trinajstić information content (AvgIpc) is 3.11. The van der Waals surface area contributed by atoms with Crippen molar-refractivity contribution in [3.63, 3.8) is 0 Å². The van der Waals surface area contributed by atoms with Gasteiger partial charge in [-0.3, -0.25) is 19.2 Å². The lowest BCUT2D eigenvalue weighted by molar-refractivity contribution is -0.136. The number of fused-ring (bicyclic) bond motifs is 1. The second-order valence-corrected chi connectivity index (χ2v) is 12.4. The average molecular weight is 697 g/mol. The largest absolute Gasteiger partial charge is 0.491 e. The lowest BCUT2D eigenvalue weighted by atomic mass is 10.0. The summed E-state index contributed by atoms with van der Waals surface area (Å²) < 4.78 is 31.8. The Bertz CT molecular complexity index is 1840. The molecule has 11 nitrogen and oxygen atoms in total. The number of benzene rings is 4. The van der Waals surface area contributed by atoms with Crippen molar-refractivity contribution in [1.82, 2.24) is 20.9 Å². The minimum Gasteiger partial charge on any atom is -0.491 e. The van der Waals surface area contributed by atoms with Crippen molar-refractivity contribution in [2.75, 3.05) is 26.8 Å². The van der Waals surface area contributed by atoms with Crippen molar-refractivity contribution < 1.29 is 37.8 Å². The molecule has 4 aromatic carbocycles. The number of hydrogen-bond acceptors (Lipinski definition) is 7. The van der Waals surface area contributed by atoms with Crippen LogP contribution in [0.2, 0.25) is 0 Å². The van der Waals surface area contributed by atoms with Gasteiger partial charge in [0.2, 0.25) is 17.7 Å². The number of aryl methyl sites for hydroxylation is 1. The fourth-order valence-corrected chi connectivity index (χ4v) is 5.40. The van der Waals surface area contributed by atoms with Crippen LogP contribution < -0.4 is 30.2 Å². The molecule has 0 spiro atoms. The van der Waals surface area contributed by atoms with Crippen molar-refractivity contribution in [2.45, 2.75) is 44.8 Å². The maximum absolute atomic E-state index is 14.1. The van der Waals surface area contributed by atoms with Gasteiger partial charge in [-0.15, -0.1) is 0 Å². The number of ether oxygens (including phenoxy) is 3. The molecule has 1 aliphatic heterocycles. The van der Waals surface area contributed by atoms with Crippen LogP contribution in [0.4, 0.5) is 4.39 Å². The number of rotatable bonds is 9. The molecule has 0 aliphatic carbocycles. The van der Waals surface area contributed by atoms with Crippen molar-refractivity contribution in [2.24, 2.45) is 0 Å². The summed E-state index contributed by atoms with van der Waals surface area (Å²) in [7, 11) is 1.61. The van der Waals surface area contributed by atoms with E-state index >= 15 is 0 Å². The van der Waals surface area contributed by atoms with Crippen molar-refractivity contribution >= 4 is 23.6 Å². The third-order valence-electron chi connectivity index (χ3n) is 8.15. The van der Waals surface area contributed by atoms with Gasteiger partial charge < -0.3 is 35.1 Å². The molecule has 51 heavy (non-hydrogen) atoms. The molecule has 3 N–H and O–H groups in total. The first-order valence-electron chi connectivity index (χ1n) is 16.6. The van der Waals surface area contributed by atoms with Gasteiger partial charge in [-0.2, -0.15) is 0 Å². The van der Waals surface area contributed by atoms with E-state index in [1.165, 1.54) is 23.1 Å². The second kappa shape index (κ2) is 17.1. The van der Waals surface area contributed by atoms with E-state index in [1.54, 1.807) is 50.4 Å². The summed E-state index contributed by atoms with van der Waals surface area (Å²) in [6.07, 6.45) is -0.237. The van der Waals surface area contributed by atoms with Crippen LogP contribution in [0.5, 0.6) is 23.0 Å². The molecule has 5 rings (SSSR count). The van der Waals surface area contributed by atoms with E-state index in [1.807, 2.05) is 49.4 Å². The highest BCUT2D eigenvalue weighted by Gasteiger charge is 2.30. The van der Waals surface area contributed by atoms with Gasteiger partial charge in [0.05, 0.1) is 24.6 Å². The topological polar surface area (TPSA) is 135 Å². The van der Waals surface area contributed by atoms with Crippen LogP contribution in [-0.2, 0) is 20.8 Å². The number of carbonyl (C=O) groups is 4. The number of nitrogens with one attached hydrogen (secondary N) is 3. The molecule has 0 radical (unpaired) electrons. The fraction of sp³-hybridized carbons (Fsp3) is 0.282. The monoisotopic (exact) mass is 696 g/mol. The summed E-state index contributed by atoms with van der Waals surface area (Å²) in [5.74, 6) is -1.56. The summed E-state index contributed by atoms with van der Waals surface area (Å²) in [4.78, 5) is 55.7. The Kier molecular flexibility index (Phi) is 12.2. The Labute approximate surface area is 296 Å². The molecule has 266 valence electrons. The smallest absolute Gasteiger partial charge is 0.255 e. The van der Waals surface area contributed by atoms with Crippen LogP contribution in [0.15, 0.2) is 97.1 Å². The van der Waals surface area contributed by atoms with Crippen LogP contribution in [0.25, 0.3) is 0 Å².